The first-order chi connectivity index (χ1) is 12.1. The maximum atomic E-state index is 12.5. The molecule has 25 heavy (non-hydrogen) atoms. The molecule has 0 radical (unpaired) electrons. The monoisotopic (exact) mass is 342 g/mol. The molecule has 0 saturated carbocycles. The van der Waals surface area contributed by atoms with Crippen LogP contribution in [-0.2, 0) is 20.9 Å². The van der Waals surface area contributed by atoms with Gasteiger partial charge in [0.05, 0.1) is 19.7 Å². The zero-order valence-corrected chi connectivity index (χ0v) is 14.5. The Morgan fingerprint density at radius 2 is 1.96 bits per heavy atom. The molecule has 7 heteroatoms. The van der Waals surface area contributed by atoms with Crippen molar-refractivity contribution in [3.8, 4) is 11.4 Å². The van der Waals surface area contributed by atoms with Crippen LogP contribution in [-0.4, -0.2) is 45.2 Å². The van der Waals surface area contributed by atoms with Gasteiger partial charge in [0.15, 0.2) is 5.82 Å². The van der Waals surface area contributed by atoms with Gasteiger partial charge in [0.1, 0.15) is 5.82 Å². The first-order valence-electron chi connectivity index (χ1n) is 8.46. The predicted molar refractivity (Wildman–Crippen MR) is 91.5 cm³/mol. The van der Waals surface area contributed by atoms with E-state index in [9.17, 15) is 9.59 Å². The van der Waals surface area contributed by atoms with Crippen LogP contribution in [0.25, 0.3) is 11.4 Å². The lowest BCUT2D eigenvalue weighted by molar-refractivity contribution is -0.141. The van der Waals surface area contributed by atoms with Crippen LogP contribution >= 0.6 is 0 Å². The summed E-state index contributed by atoms with van der Waals surface area (Å²) in [7, 11) is 1.36. The smallest absolute Gasteiger partial charge is 0.305 e. The average molecular weight is 342 g/mol. The summed E-state index contributed by atoms with van der Waals surface area (Å²) >= 11 is 0. The highest BCUT2D eigenvalue weighted by molar-refractivity contribution is 5.77. The van der Waals surface area contributed by atoms with E-state index in [1.807, 2.05) is 46.8 Å². The number of carbonyl (C=O) groups is 2. The molecule has 0 aliphatic carbocycles. The van der Waals surface area contributed by atoms with Crippen LogP contribution in [0.4, 0.5) is 0 Å². The number of rotatable bonds is 5. The van der Waals surface area contributed by atoms with E-state index in [0.29, 0.717) is 31.8 Å². The minimum Gasteiger partial charge on any atom is -0.469 e. The van der Waals surface area contributed by atoms with Crippen LogP contribution in [0.1, 0.15) is 38.1 Å². The highest BCUT2D eigenvalue weighted by Gasteiger charge is 2.30. The second-order valence-electron chi connectivity index (χ2n) is 6.08. The van der Waals surface area contributed by atoms with Crippen molar-refractivity contribution in [3.05, 3.63) is 36.2 Å². The molecule has 1 amide bonds. The van der Waals surface area contributed by atoms with Crippen LogP contribution in [0.2, 0.25) is 0 Å². The van der Waals surface area contributed by atoms with Crippen molar-refractivity contribution in [1.82, 2.24) is 19.7 Å². The standard InChI is InChI=1S/C18H22N4O3/c1-13-18-19-17(14-7-4-3-5-8-14)20-22(18)12-11-21(13)15(23)9-6-10-16(24)25-2/h3-5,7-8,13H,6,9-12H2,1-2H3/t13-/m0/s1. The van der Waals surface area contributed by atoms with E-state index in [-0.39, 0.29) is 24.3 Å². The minimum atomic E-state index is -0.285. The van der Waals surface area contributed by atoms with Crippen molar-refractivity contribution >= 4 is 11.9 Å². The Balaban J connectivity index is 1.69. The van der Waals surface area contributed by atoms with Crippen molar-refractivity contribution in [2.45, 2.75) is 38.8 Å². The van der Waals surface area contributed by atoms with Gasteiger partial charge in [-0.3, -0.25) is 9.59 Å². The molecule has 2 heterocycles. The van der Waals surface area contributed by atoms with Gasteiger partial charge in [-0.2, -0.15) is 5.10 Å². The van der Waals surface area contributed by atoms with Crippen molar-refractivity contribution in [1.29, 1.82) is 0 Å². The van der Waals surface area contributed by atoms with Gasteiger partial charge in [-0.05, 0) is 13.3 Å². The summed E-state index contributed by atoms with van der Waals surface area (Å²) in [5.41, 5.74) is 0.965. The zero-order valence-electron chi connectivity index (χ0n) is 14.5. The van der Waals surface area contributed by atoms with Gasteiger partial charge in [-0.25, -0.2) is 9.67 Å². The fourth-order valence-corrected chi connectivity index (χ4v) is 3.04. The fourth-order valence-electron chi connectivity index (χ4n) is 3.04. The molecule has 0 saturated heterocycles. The predicted octanol–water partition coefficient (Wildman–Crippen LogP) is 2.19. The lowest BCUT2D eigenvalue weighted by atomic mass is 10.1. The van der Waals surface area contributed by atoms with E-state index in [1.54, 1.807) is 0 Å². The maximum Gasteiger partial charge on any atom is 0.305 e. The Bertz CT molecular complexity index is 757. The number of esters is 1. The number of benzene rings is 1. The molecule has 7 nitrogen and oxygen atoms in total. The van der Waals surface area contributed by atoms with Gasteiger partial charge < -0.3 is 9.64 Å². The van der Waals surface area contributed by atoms with Crippen molar-refractivity contribution in [2.75, 3.05) is 13.7 Å². The number of ether oxygens (including phenoxy) is 1. The summed E-state index contributed by atoms with van der Waals surface area (Å²) in [4.78, 5) is 30.1. The van der Waals surface area contributed by atoms with Crippen LogP contribution in [0.5, 0.6) is 0 Å². The summed E-state index contributed by atoms with van der Waals surface area (Å²) in [6.07, 6.45) is 1.09. The number of amides is 1. The molecular formula is C18H22N4O3. The quantitative estimate of drug-likeness (QED) is 0.779. The molecule has 1 aliphatic rings. The molecular weight excluding hydrogens is 320 g/mol. The third-order valence-electron chi connectivity index (χ3n) is 4.45. The first kappa shape index (κ1) is 17.1. The normalized spacial score (nSPS) is 16.4. The lowest BCUT2D eigenvalue weighted by Crippen LogP contribution is -2.41. The Morgan fingerprint density at radius 3 is 2.68 bits per heavy atom. The molecule has 1 aliphatic heterocycles. The molecule has 0 unspecified atom stereocenters. The number of methoxy groups -OCH3 is 1. The Labute approximate surface area is 146 Å². The van der Waals surface area contributed by atoms with Crippen molar-refractivity contribution in [2.24, 2.45) is 0 Å². The molecule has 1 atom stereocenters. The number of hydrogen-bond donors (Lipinski definition) is 0. The summed E-state index contributed by atoms with van der Waals surface area (Å²) in [5.74, 6) is 1.23. The van der Waals surface area contributed by atoms with E-state index < -0.39 is 0 Å². The first-order valence-corrected chi connectivity index (χ1v) is 8.46. The summed E-state index contributed by atoms with van der Waals surface area (Å²) < 4.78 is 6.48. The second kappa shape index (κ2) is 7.46. The van der Waals surface area contributed by atoms with Crippen LogP contribution < -0.4 is 0 Å². The molecule has 1 aromatic heterocycles. The summed E-state index contributed by atoms with van der Waals surface area (Å²) in [6, 6.07) is 9.68. The Morgan fingerprint density at radius 1 is 1.20 bits per heavy atom. The van der Waals surface area contributed by atoms with E-state index in [0.717, 1.165) is 11.4 Å². The summed E-state index contributed by atoms with van der Waals surface area (Å²) in [5, 5.41) is 4.57. The van der Waals surface area contributed by atoms with E-state index in [2.05, 4.69) is 14.8 Å². The second-order valence-corrected chi connectivity index (χ2v) is 6.08. The largest absolute Gasteiger partial charge is 0.469 e. The molecule has 0 N–H and O–H groups in total. The molecule has 0 spiro atoms. The van der Waals surface area contributed by atoms with Crippen LogP contribution in [0.15, 0.2) is 30.3 Å². The summed E-state index contributed by atoms with van der Waals surface area (Å²) in [6.45, 7) is 3.19. The van der Waals surface area contributed by atoms with E-state index in [1.165, 1.54) is 7.11 Å². The minimum absolute atomic E-state index is 0.0342. The van der Waals surface area contributed by atoms with Gasteiger partial charge in [0, 0.05) is 24.9 Å². The SMILES string of the molecule is COC(=O)CCCC(=O)N1CCn2nc(-c3ccccc3)nc2[C@@H]1C. The van der Waals surface area contributed by atoms with Gasteiger partial charge in [0.2, 0.25) is 5.91 Å². The third kappa shape index (κ3) is 3.70. The molecule has 1 aromatic carbocycles. The molecule has 2 aromatic rings. The van der Waals surface area contributed by atoms with Crippen molar-refractivity contribution < 1.29 is 14.3 Å². The number of carbonyl (C=O) groups excluding carboxylic acids is 2. The Kier molecular flexibility index (Phi) is 5.11. The van der Waals surface area contributed by atoms with Crippen LogP contribution in [0.3, 0.4) is 0 Å². The van der Waals surface area contributed by atoms with Gasteiger partial charge in [-0.15, -0.1) is 0 Å². The fraction of sp³-hybridized carbons (Fsp3) is 0.444. The van der Waals surface area contributed by atoms with E-state index >= 15 is 0 Å². The number of fused-ring (bicyclic) bond motifs is 1. The lowest BCUT2D eigenvalue weighted by Gasteiger charge is -2.33. The Hall–Kier alpha value is -2.70. The molecule has 0 fully saturated rings. The zero-order chi connectivity index (χ0) is 17.8. The topological polar surface area (TPSA) is 77.3 Å². The number of aromatic nitrogens is 3. The third-order valence-corrected chi connectivity index (χ3v) is 4.45. The van der Waals surface area contributed by atoms with E-state index in [4.69, 9.17) is 0 Å². The molecule has 132 valence electrons. The van der Waals surface area contributed by atoms with Crippen molar-refractivity contribution in [3.63, 3.8) is 0 Å². The highest BCUT2D eigenvalue weighted by atomic mass is 16.5. The number of hydrogen-bond acceptors (Lipinski definition) is 5. The number of nitrogens with zero attached hydrogens (tertiary/aromatic N) is 4. The van der Waals surface area contributed by atoms with Gasteiger partial charge in [0.25, 0.3) is 0 Å². The van der Waals surface area contributed by atoms with Crippen LogP contribution in [0, 0.1) is 0 Å². The maximum absolute atomic E-state index is 12.5. The molecule has 0 bridgehead atoms. The van der Waals surface area contributed by atoms with Gasteiger partial charge in [-0.1, -0.05) is 30.3 Å². The average Bonchev–Trinajstić information content (AvgIpc) is 3.07. The van der Waals surface area contributed by atoms with Gasteiger partial charge >= 0.3 is 5.97 Å². The molecule has 3 rings (SSSR count). The highest BCUT2D eigenvalue weighted by Crippen LogP contribution is 2.26.